The van der Waals surface area contributed by atoms with Crippen molar-refractivity contribution in [3.63, 3.8) is 0 Å². The third-order valence-corrected chi connectivity index (χ3v) is 3.55. The second-order valence-corrected chi connectivity index (χ2v) is 4.86. The van der Waals surface area contributed by atoms with Crippen molar-refractivity contribution < 1.29 is 9.53 Å². The van der Waals surface area contributed by atoms with Crippen molar-refractivity contribution in [1.82, 2.24) is 4.90 Å². The molecule has 2 atom stereocenters. The average molecular weight is 279 g/mol. The van der Waals surface area contributed by atoms with Crippen molar-refractivity contribution in [2.75, 3.05) is 19.7 Å². The number of nitrogens with zero attached hydrogens (tertiary/aromatic N) is 1. The molecule has 0 bridgehead atoms. The molecule has 2 unspecified atom stereocenters. The minimum absolute atomic E-state index is 0. The number of ether oxygens (including phenoxy) is 1. The zero-order valence-corrected chi connectivity index (χ0v) is 12.4. The predicted octanol–water partition coefficient (Wildman–Crippen LogP) is 1.95. The van der Waals surface area contributed by atoms with Gasteiger partial charge in [0.15, 0.2) is 0 Å². The Balaban J connectivity index is 0.00000289. The normalized spacial score (nSPS) is 23.6. The molecule has 1 aliphatic rings. The molecule has 108 valence electrons. The van der Waals surface area contributed by atoms with E-state index in [4.69, 9.17) is 10.5 Å². The summed E-state index contributed by atoms with van der Waals surface area (Å²) >= 11 is 0. The lowest BCUT2D eigenvalue weighted by Gasteiger charge is -2.38. The van der Waals surface area contributed by atoms with Gasteiger partial charge < -0.3 is 15.4 Å². The molecule has 18 heavy (non-hydrogen) atoms. The van der Waals surface area contributed by atoms with E-state index in [0.717, 1.165) is 38.8 Å². The predicted molar refractivity (Wildman–Crippen MR) is 76.0 cm³/mol. The highest BCUT2D eigenvalue weighted by molar-refractivity contribution is 5.85. The topological polar surface area (TPSA) is 55.6 Å². The fourth-order valence-electron chi connectivity index (χ4n) is 2.20. The van der Waals surface area contributed by atoms with E-state index in [9.17, 15) is 4.79 Å². The number of amides is 1. The van der Waals surface area contributed by atoms with E-state index in [1.54, 1.807) is 0 Å². The first-order valence-corrected chi connectivity index (χ1v) is 6.78. The van der Waals surface area contributed by atoms with Gasteiger partial charge in [0, 0.05) is 13.0 Å². The van der Waals surface area contributed by atoms with Crippen molar-refractivity contribution in [2.45, 2.75) is 58.1 Å². The SMILES string of the molecule is CC1OCCN(C(=O)CCCCCCN)C1C.Cl. The Morgan fingerprint density at radius 3 is 2.61 bits per heavy atom. The lowest BCUT2D eigenvalue weighted by atomic mass is 10.1. The van der Waals surface area contributed by atoms with Crippen molar-refractivity contribution >= 4 is 18.3 Å². The maximum absolute atomic E-state index is 12.0. The second kappa shape index (κ2) is 9.59. The first-order valence-electron chi connectivity index (χ1n) is 6.78. The van der Waals surface area contributed by atoms with Gasteiger partial charge in [0.2, 0.25) is 5.91 Å². The Morgan fingerprint density at radius 2 is 1.94 bits per heavy atom. The van der Waals surface area contributed by atoms with Crippen molar-refractivity contribution in [1.29, 1.82) is 0 Å². The monoisotopic (exact) mass is 278 g/mol. The number of rotatable bonds is 6. The second-order valence-electron chi connectivity index (χ2n) is 4.86. The molecular formula is C13H27ClN2O2. The number of nitrogens with two attached hydrogens (primary N) is 1. The van der Waals surface area contributed by atoms with E-state index in [1.807, 2.05) is 11.8 Å². The smallest absolute Gasteiger partial charge is 0.222 e. The Labute approximate surface area is 117 Å². The summed E-state index contributed by atoms with van der Waals surface area (Å²) in [6, 6.07) is 0.209. The number of hydrogen-bond donors (Lipinski definition) is 1. The maximum atomic E-state index is 12.0. The molecule has 4 nitrogen and oxygen atoms in total. The highest BCUT2D eigenvalue weighted by Gasteiger charge is 2.28. The van der Waals surface area contributed by atoms with Crippen LogP contribution < -0.4 is 5.73 Å². The van der Waals surface area contributed by atoms with Crippen LogP contribution in [0.2, 0.25) is 0 Å². The van der Waals surface area contributed by atoms with Crippen molar-refractivity contribution in [3.8, 4) is 0 Å². The van der Waals surface area contributed by atoms with E-state index in [2.05, 4.69) is 6.92 Å². The summed E-state index contributed by atoms with van der Waals surface area (Å²) in [4.78, 5) is 14.0. The zero-order chi connectivity index (χ0) is 12.7. The molecule has 0 aromatic rings. The van der Waals surface area contributed by atoms with Gasteiger partial charge in [0.1, 0.15) is 0 Å². The van der Waals surface area contributed by atoms with Gasteiger partial charge in [-0.1, -0.05) is 12.8 Å². The molecule has 1 fully saturated rings. The van der Waals surface area contributed by atoms with Gasteiger partial charge in [-0.3, -0.25) is 4.79 Å². The van der Waals surface area contributed by atoms with Gasteiger partial charge >= 0.3 is 0 Å². The lowest BCUT2D eigenvalue weighted by Crippen LogP contribution is -2.51. The van der Waals surface area contributed by atoms with Crippen LogP contribution in [-0.2, 0) is 9.53 Å². The number of carbonyl (C=O) groups is 1. The van der Waals surface area contributed by atoms with Crippen LogP contribution in [0.15, 0.2) is 0 Å². The van der Waals surface area contributed by atoms with E-state index in [-0.39, 0.29) is 30.5 Å². The van der Waals surface area contributed by atoms with E-state index in [1.165, 1.54) is 0 Å². The summed E-state index contributed by atoms with van der Waals surface area (Å²) in [7, 11) is 0. The van der Waals surface area contributed by atoms with E-state index in [0.29, 0.717) is 13.0 Å². The number of carbonyl (C=O) groups excluding carboxylic acids is 1. The van der Waals surface area contributed by atoms with Gasteiger partial charge in [-0.05, 0) is 33.2 Å². The summed E-state index contributed by atoms with van der Waals surface area (Å²) in [6.07, 6.45) is 5.12. The largest absolute Gasteiger partial charge is 0.375 e. The number of halogens is 1. The third-order valence-electron chi connectivity index (χ3n) is 3.55. The van der Waals surface area contributed by atoms with E-state index < -0.39 is 0 Å². The van der Waals surface area contributed by atoms with Crippen LogP contribution in [0, 0.1) is 0 Å². The summed E-state index contributed by atoms with van der Waals surface area (Å²) in [5.74, 6) is 0.278. The Hall–Kier alpha value is -0.320. The summed E-state index contributed by atoms with van der Waals surface area (Å²) in [5, 5.41) is 0. The quantitative estimate of drug-likeness (QED) is 0.756. The molecule has 1 rings (SSSR count). The molecule has 1 heterocycles. The minimum Gasteiger partial charge on any atom is -0.375 e. The molecule has 0 aliphatic carbocycles. The highest BCUT2D eigenvalue weighted by Crippen LogP contribution is 2.15. The Bertz CT molecular complexity index is 239. The van der Waals surface area contributed by atoms with Crippen LogP contribution in [0.5, 0.6) is 0 Å². The molecular weight excluding hydrogens is 252 g/mol. The van der Waals surface area contributed by atoms with Crippen LogP contribution >= 0.6 is 12.4 Å². The fourth-order valence-corrected chi connectivity index (χ4v) is 2.20. The fraction of sp³-hybridized carbons (Fsp3) is 0.923. The summed E-state index contributed by atoms with van der Waals surface area (Å²) < 4.78 is 5.52. The van der Waals surface area contributed by atoms with Crippen LogP contribution in [0.3, 0.4) is 0 Å². The van der Waals surface area contributed by atoms with Gasteiger partial charge in [-0.25, -0.2) is 0 Å². The first kappa shape index (κ1) is 17.7. The molecule has 1 amide bonds. The molecule has 2 N–H and O–H groups in total. The molecule has 0 aromatic carbocycles. The van der Waals surface area contributed by atoms with Gasteiger partial charge in [-0.2, -0.15) is 0 Å². The van der Waals surface area contributed by atoms with Gasteiger partial charge in [0.25, 0.3) is 0 Å². The van der Waals surface area contributed by atoms with Crippen LogP contribution in [0.25, 0.3) is 0 Å². The lowest BCUT2D eigenvalue weighted by molar-refractivity contribution is -0.144. The Kier molecular flexibility index (Phi) is 9.42. The van der Waals surface area contributed by atoms with Crippen LogP contribution in [-0.4, -0.2) is 42.6 Å². The van der Waals surface area contributed by atoms with Crippen molar-refractivity contribution in [2.24, 2.45) is 5.73 Å². The molecule has 1 aliphatic heterocycles. The van der Waals surface area contributed by atoms with Crippen LogP contribution in [0.1, 0.15) is 46.0 Å². The number of unbranched alkanes of at least 4 members (excludes halogenated alkanes) is 3. The Morgan fingerprint density at radius 1 is 1.28 bits per heavy atom. The molecule has 0 saturated carbocycles. The molecule has 1 saturated heterocycles. The molecule has 0 spiro atoms. The van der Waals surface area contributed by atoms with Gasteiger partial charge in [-0.15, -0.1) is 12.4 Å². The van der Waals surface area contributed by atoms with E-state index >= 15 is 0 Å². The molecule has 0 aromatic heterocycles. The van der Waals surface area contributed by atoms with Crippen molar-refractivity contribution in [3.05, 3.63) is 0 Å². The first-order chi connectivity index (χ1) is 8.16. The van der Waals surface area contributed by atoms with Crippen LogP contribution in [0.4, 0.5) is 0 Å². The number of morpholine rings is 1. The average Bonchev–Trinajstić information content (AvgIpc) is 2.32. The highest BCUT2D eigenvalue weighted by atomic mass is 35.5. The standard InChI is InChI=1S/C13H26N2O2.ClH/c1-11-12(2)17-10-9-15(11)13(16)7-5-3-4-6-8-14;/h11-12H,3-10,14H2,1-2H3;1H. The minimum atomic E-state index is 0. The molecule has 0 radical (unpaired) electrons. The maximum Gasteiger partial charge on any atom is 0.222 e. The summed E-state index contributed by atoms with van der Waals surface area (Å²) in [5.41, 5.74) is 5.43. The number of hydrogen-bond acceptors (Lipinski definition) is 3. The third kappa shape index (κ3) is 5.55. The van der Waals surface area contributed by atoms with Gasteiger partial charge in [0.05, 0.1) is 18.8 Å². The summed E-state index contributed by atoms with van der Waals surface area (Å²) in [6.45, 7) is 6.27. The molecule has 5 heteroatoms. The zero-order valence-electron chi connectivity index (χ0n) is 11.6.